The van der Waals surface area contributed by atoms with Gasteiger partial charge in [-0.2, -0.15) is 0 Å². The summed E-state index contributed by atoms with van der Waals surface area (Å²) in [6.07, 6.45) is 1.72. The van der Waals surface area contributed by atoms with Gasteiger partial charge in [-0.3, -0.25) is 0 Å². The average molecular weight is 264 g/mol. The molecule has 1 rings (SSSR count). The second kappa shape index (κ2) is 8.32. The molecule has 0 unspecified atom stereocenters. The van der Waals surface area contributed by atoms with Crippen LogP contribution in [0.25, 0.3) is 0 Å². The minimum absolute atomic E-state index is 0.296. The predicted octanol–water partition coefficient (Wildman–Crippen LogP) is 2.72. The van der Waals surface area contributed by atoms with Gasteiger partial charge in [0, 0.05) is 5.57 Å². The summed E-state index contributed by atoms with van der Waals surface area (Å²) in [7, 11) is 1.63. The number of ether oxygens (including phenoxy) is 3. The summed E-state index contributed by atoms with van der Waals surface area (Å²) in [5, 5.41) is 0. The lowest BCUT2D eigenvalue weighted by Crippen LogP contribution is -2.06. The molecule has 0 aliphatic rings. The van der Waals surface area contributed by atoms with Crippen molar-refractivity contribution in [2.45, 2.75) is 20.5 Å². The Morgan fingerprint density at radius 1 is 1.26 bits per heavy atom. The van der Waals surface area contributed by atoms with E-state index >= 15 is 0 Å². The van der Waals surface area contributed by atoms with E-state index in [1.54, 1.807) is 27.0 Å². The van der Waals surface area contributed by atoms with Crippen LogP contribution in [0.5, 0.6) is 5.75 Å². The lowest BCUT2D eigenvalue weighted by atomic mass is 10.2. The maximum Gasteiger partial charge on any atom is 0.333 e. The molecule has 1 aromatic rings. The van der Waals surface area contributed by atoms with Crippen molar-refractivity contribution in [1.29, 1.82) is 0 Å². The molecule has 0 saturated heterocycles. The fourth-order valence-corrected chi connectivity index (χ4v) is 1.41. The van der Waals surface area contributed by atoms with Gasteiger partial charge < -0.3 is 14.2 Å². The number of methoxy groups -OCH3 is 1. The van der Waals surface area contributed by atoms with Gasteiger partial charge in [-0.25, -0.2) is 4.79 Å². The molecule has 0 spiro atoms. The second-order valence-electron chi connectivity index (χ2n) is 3.97. The van der Waals surface area contributed by atoms with Crippen LogP contribution in [-0.4, -0.2) is 26.3 Å². The molecule has 0 amide bonds. The first-order chi connectivity index (χ1) is 9.17. The van der Waals surface area contributed by atoms with E-state index in [1.807, 2.05) is 24.3 Å². The number of benzene rings is 1. The topological polar surface area (TPSA) is 44.8 Å². The van der Waals surface area contributed by atoms with Gasteiger partial charge in [-0.1, -0.05) is 12.1 Å². The van der Waals surface area contributed by atoms with Gasteiger partial charge in [0.1, 0.15) is 5.75 Å². The zero-order chi connectivity index (χ0) is 14.1. The van der Waals surface area contributed by atoms with Crippen molar-refractivity contribution in [3.8, 4) is 5.75 Å². The summed E-state index contributed by atoms with van der Waals surface area (Å²) in [6, 6.07) is 7.66. The molecule has 0 fully saturated rings. The number of esters is 1. The van der Waals surface area contributed by atoms with Crippen LogP contribution < -0.4 is 4.74 Å². The standard InChI is InChI=1S/C15H20O4/c1-4-19-15(16)12(2)9-10-18-11-13-5-7-14(17-3)8-6-13/h5-9H,4,10-11H2,1-3H3/b12-9+. The second-order valence-corrected chi connectivity index (χ2v) is 3.97. The van der Waals surface area contributed by atoms with Gasteiger partial charge in [0.2, 0.25) is 0 Å². The number of hydrogen-bond acceptors (Lipinski definition) is 4. The van der Waals surface area contributed by atoms with Crippen molar-refractivity contribution >= 4 is 5.97 Å². The number of carbonyl (C=O) groups excluding carboxylic acids is 1. The van der Waals surface area contributed by atoms with E-state index in [-0.39, 0.29) is 5.97 Å². The third-order valence-corrected chi connectivity index (χ3v) is 2.53. The molecule has 0 aliphatic carbocycles. The van der Waals surface area contributed by atoms with Crippen molar-refractivity contribution < 1.29 is 19.0 Å². The highest BCUT2D eigenvalue weighted by Crippen LogP contribution is 2.11. The summed E-state index contributed by atoms with van der Waals surface area (Å²) in [6.45, 7) is 4.77. The molecule has 0 saturated carbocycles. The van der Waals surface area contributed by atoms with Crippen molar-refractivity contribution in [1.82, 2.24) is 0 Å². The molecule has 1 aromatic carbocycles. The molecule has 4 heteroatoms. The van der Waals surface area contributed by atoms with E-state index in [0.29, 0.717) is 25.4 Å². The Hall–Kier alpha value is -1.81. The van der Waals surface area contributed by atoms with E-state index in [1.165, 1.54) is 0 Å². The van der Waals surface area contributed by atoms with Crippen LogP contribution in [0.4, 0.5) is 0 Å². The Morgan fingerprint density at radius 2 is 1.95 bits per heavy atom. The van der Waals surface area contributed by atoms with Gasteiger partial charge >= 0.3 is 5.97 Å². The molecule has 0 atom stereocenters. The third kappa shape index (κ3) is 5.57. The summed E-state index contributed by atoms with van der Waals surface area (Å²) >= 11 is 0. The lowest BCUT2D eigenvalue weighted by molar-refractivity contribution is -0.138. The number of carbonyl (C=O) groups is 1. The van der Waals surface area contributed by atoms with Crippen molar-refractivity contribution in [2.24, 2.45) is 0 Å². The molecule has 0 aromatic heterocycles. The summed E-state index contributed by atoms with van der Waals surface area (Å²) < 4.78 is 15.4. The molecule has 4 nitrogen and oxygen atoms in total. The largest absolute Gasteiger partial charge is 0.497 e. The average Bonchev–Trinajstić information content (AvgIpc) is 2.44. The zero-order valence-corrected chi connectivity index (χ0v) is 11.6. The number of hydrogen-bond donors (Lipinski definition) is 0. The lowest BCUT2D eigenvalue weighted by Gasteiger charge is -2.04. The van der Waals surface area contributed by atoms with E-state index < -0.39 is 0 Å². The molecule has 0 heterocycles. The first-order valence-corrected chi connectivity index (χ1v) is 6.22. The summed E-state index contributed by atoms with van der Waals surface area (Å²) in [4.78, 5) is 11.3. The van der Waals surface area contributed by atoms with Gasteiger partial charge in [0.05, 0.1) is 26.9 Å². The Balaban J connectivity index is 2.33. The fourth-order valence-electron chi connectivity index (χ4n) is 1.41. The van der Waals surface area contributed by atoms with E-state index in [4.69, 9.17) is 14.2 Å². The Labute approximate surface area is 114 Å². The molecule has 0 bridgehead atoms. The summed E-state index contributed by atoms with van der Waals surface area (Å²) in [5.74, 6) is 0.525. The quantitative estimate of drug-likeness (QED) is 0.431. The van der Waals surface area contributed by atoms with Crippen LogP contribution in [-0.2, 0) is 20.9 Å². The van der Waals surface area contributed by atoms with Crippen LogP contribution >= 0.6 is 0 Å². The molecule has 0 aliphatic heterocycles. The van der Waals surface area contributed by atoms with Crippen molar-refractivity contribution in [2.75, 3.05) is 20.3 Å². The third-order valence-electron chi connectivity index (χ3n) is 2.53. The van der Waals surface area contributed by atoms with Crippen molar-refractivity contribution in [3.63, 3.8) is 0 Å². The highest BCUT2D eigenvalue weighted by molar-refractivity contribution is 5.87. The first kappa shape index (κ1) is 15.2. The van der Waals surface area contributed by atoms with Crippen LogP contribution in [0.2, 0.25) is 0 Å². The minimum atomic E-state index is -0.296. The fraction of sp³-hybridized carbons (Fsp3) is 0.400. The SMILES string of the molecule is CCOC(=O)/C(C)=C/COCc1ccc(OC)cc1. The molecular formula is C15H20O4. The number of rotatable bonds is 7. The predicted molar refractivity (Wildman–Crippen MR) is 73.0 cm³/mol. The minimum Gasteiger partial charge on any atom is -0.497 e. The van der Waals surface area contributed by atoms with Crippen LogP contribution in [0.1, 0.15) is 19.4 Å². The van der Waals surface area contributed by atoms with Gasteiger partial charge in [0.15, 0.2) is 0 Å². The Bertz CT molecular complexity index is 420. The summed E-state index contributed by atoms with van der Waals surface area (Å²) in [5.41, 5.74) is 1.62. The van der Waals surface area contributed by atoms with E-state index in [0.717, 1.165) is 11.3 Å². The highest BCUT2D eigenvalue weighted by atomic mass is 16.5. The van der Waals surface area contributed by atoms with E-state index in [9.17, 15) is 4.79 Å². The maximum absolute atomic E-state index is 11.3. The molecule has 0 N–H and O–H groups in total. The van der Waals surface area contributed by atoms with Gasteiger partial charge in [0.25, 0.3) is 0 Å². The normalized spacial score (nSPS) is 11.2. The highest BCUT2D eigenvalue weighted by Gasteiger charge is 2.03. The van der Waals surface area contributed by atoms with Crippen molar-refractivity contribution in [3.05, 3.63) is 41.5 Å². The molecule has 0 radical (unpaired) electrons. The monoisotopic (exact) mass is 264 g/mol. The molecular weight excluding hydrogens is 244 g/mol. The maximum atomic E-state index is 11.3. The Morgan fingerprint density at radius 3 is 2.53 bits per heavy atom. The van der Waals surface area contributed by atoms with Crippen LogP contribution in [0.15, 0.2) is 35.9 Å². The smallest absolute Gasteiger partial charge is 0.333 e. The van der Waals surface area contributed by atoms with Crippen LogP contribution in [0, 0.1) is 0 Å². The molecule has 104 valence electrons. The molecule has 19 heavy (non-hydrogen) atoms. The van der Waals surface area contributed by atoms with Crippen LogP contribution in [0.3, 0.4) is 0 Å². The first-order valence-electron chi connectivity index (χ1n) is 6.22. The Kier molecular flexibility index (Phi) is 6.68. The van der Waals surface area contributed by atoms with Gasteiger partial charge in [-0.15, -0.1) is 0 Å². The van der Waals surface area contributed by atoms with E-state index in [2.05, 4.69) is 0 Å². The van der Waals surface area contributed by atoms with Gasteiger partial charge in [-0.05, 0) is 37.6 Å². The zero-order valence-electron chi connectivity index (χ0n) is 11.6.